The normalized spacial score (nSPS) is 16.8. The maximum Gasteiger partial charge on any atom is 0.319 e. The summed E-state index contributed by atoms with van der Waals surface area (Å²) in [5.41, 5.74) is 0.880. The van der Waals surface area contributed by atoms with Gasteiger partial charge >= 0.3 is 6.03 Å². The SMILES string of the molecule is O=C(Nc1ccc(Cl)cc1Cl)NC1CC(=O)N(c2cccc(F)c2)C1. The number of benzene rings is 2. The summed E-state index contributed by atoms with van der Waals surface area (Å²) < 4.78 is 13.3. The Morgan fingerprint density at radius 1 is 1.20 bits per heavy atom. The second-order valence-electron chi connectivity index (χ2n) is 5.61. The summed E-state index contributed by atoms with van der Waals surface area (Å²) in [6.45, 7) is 0.268. The molecule has 0 spiro atoms. The Bertz CT molecular complexity index is 831. The van der Waals surface area contributed by atoms with Crippen molar-refractivity contribution in [2.75, 3.05) is 16.8 Å². The molecular formula is C17H14Cl2FN3O2. The summed E-state index contributed by atoms with van der Waals surface area (Å²) in [7, 11) is 0. The van der Waals surface area contributed by atoms with Crippen LogP contribution in [0.4, 0.5) is 20.6 Å². The molecule has 3 amide bonds. The van der Waals surface area contributed by atoms with Crippen LogP contribution in [-0.2, 0) is 4.79 Å². The second kappa shape index (κ2) is 7.29. The number of amides is 3. The van der Waals surface area contributed by atoms with Crippen LogP contribution in [0.3, 0.4) is 0 Å². The smallest absolute Gasteiger partial charge is 0.319 e. The number of urea groups is 1. The first-order chi connectivity index (χ1) is 11.9. The summed E-state index contributed by atoms with van der Waals surface area (Å²) in [6.07, 6.45) is 0.137. The van der Waals surface area contributed by atoms with E-state index in [0.717, 1.165) is 0 Å². The van der Waals surface area contributed by atoms with Crippen molar-refractivity contribution >= 4 is 46.5 Å². The lowest BCUT2D eigenvalue weighted by atomic mass is 10.2. The number of hydrogen-bond acceptors (Lipinski definition) is 2. The summed E-state index contributed by atoms with van der Waals surface area (Å²) >= 11 is 11.8. The molecule has 2 aromatic rings. The summed E-state index contributed by atoms with van der Waals surface area (Å²) in [5, 5.41) is 6.10. The third-order valence-electron chi connectivity index (χ3n) is 3.76. The Hall–Kier alpha value is -2.31. The van der Waals surface area contributed by atoms with E-state index >= 15 is 0 Å². The molecule has 0 saturated carbocycles. The fraction of sp³-hybridized carbons (Fsp3) is 0.176. The zero-order valence-electron chi connectivity index (χ0n) is 12.9. The van der Waals surface area contributed by atoms with Crippen molar-refractivity contribution in [1.29, 1.82) is 0 Å². The maximum atomic E-state index is 13.3. The van der Waals surface area contributed by atoms with Gasteiger partial charge in [0.15, 0.2) is 0 Å². The molecule has 0 aromatic heterocycles. The lowest BCUT2D eigenvalue weighted by molar-refractivity contribution is -0.117. The van der Waals surface area contributed by atoms with E-state index < -0.39 is 11.8 Å². The molecule has 130 valence electrons. The zero-order chi connectivity index (χ0) is 18.0. The molecule has 0 bridgehead atoms. The molecule has 3 rings (SSSR count). The van der Waals surface area contributed by atoms with Crippen LogP contribution < -0.4 is 15.5 Å². The van der Waals surface area contributed by atoms with Gasteiger partial charge in [-0.1, -0.05) is 29.3 Å². The van der Waals surface area contributed by atoms with E-state index in [2.05, 4.69) is 10.6 Å². The fourth-order valence-corrected chi connectivity index (χ4v) is 3.09. The third kappa shape index (κ3) is 4.21. The second-order valence-corrected chi connectivity index (χ2v) is 6.45. The van der Waals surface area contributed by atoms with Gasteiger partial charge in [0.1, 0.15) is 5.82 Å². The number of rotatable bonds is 3. The van der Waals surface area contributed by atoms with Crippen molar-refractivity contribution in [3.8, 4) is 0 Å². The molecule has 1 aliphatic heterocycles. The average Bonchev–Trinajstić information content (AvgIpc) is 2.90. The molecule has 25 heavy (non-hydrogen) atoms. The van der Waals surface area contributed by atoms with E-state index in [4.69, 9.17) is 23.2 Å². The van der Waals surface area contributed by atoms with Crippen molar-refractivity contribution in [2.45, 2.75) is 12.5 Å². The highest BCUT2D eigenvalue weighted by Crippen LogP contribution is 2.26. The number of hydrogen-bond donors (Lipinski definition) is 2. The molecule has 1 unspecified atom stereocenters. The van der Waals surface area contributed by atoms with Gasteiger partial charge in [0.25, 0.3) is 0 Å². The summed E-state index contributed by atoms with van der Waals surface area (Å²) in [4.78, 5) is 25.7. The Balaban J connectivity index is 1.62. The zero-order valence-corrected chi connectivity index (χ0v) is 14.4. The Morgan fingerprint density at radius 3 is 2.72 bits per heavy atom. The van der Waals surface area contributed by atoms with E-state index in [1.165, 1.54) is 29.2 Å². The van der Waals surface area contributed by atoms with Crippen LogP contribution in [0.2, 0.25) is 10.0 Å². The van der Waals surface area contributed by atoms with Crippen LogP contribution in [-0.4, -0.2) is 24.5 Å². The van der Waals surface area contributed by atoms with E-state index in [9.17, 15) is 14.0 Å². The molecule has 1 aliphatic rings. The standard InChI is InChI=1S/C17H14Cl2FN3O2/c18-10-4-5-15(14(19)6-10)22-17(25)21-12-8-16(24)23(9-12)13-3-1-2-11(20)7-13/h1-7,12H,8-9H2,(H2,21,22,25). The van der Waals surface area contributed by atoms with E-state index in [-0.39, 0.29) is 24.9 Å². The van der Waals surface area contributed by atoms with Crippen molar-refractivity contribution < 1.29 is 14.0 Å². The highest BCUT2D eigenvalue weighted by Gasteiger charge is 2.31. The van der Waals surface area contributed by atoms with Crippen LogP contribution in [0, 0.1) is 5.82 Å². The van der Waals surface area contributed by atoms with Gasteiger partial charge in [0.05, 0.1) is 16.8 Å². The van der Waals surface area contributed by atoms with Crippen molar-refractivity contribution in [3.63, 3.8) is 0 Å². The largest absolute Gasteiger partial charge is 0.333 e. The van der Waals surface area contributed by atoms with Gasteiger partial charge in [-0.3, -0.25) is 4.79 Å². The lowest BCUT2D eigenvalue weighted by Crippen LogP contribution is -2.39. The number of carbonyl (C=O) groups is 2. The average molecular weight is 382 g/mol. The van der Waals surface area contributed by atoms with Gasteiger partial charge in [-0.2, -0.15) is 0 Å². The monoisotopic (exact) mass is 381 g/mol. The van der Waals surface area contributed by atoms with E-state index in [1.54, 1.807) is 18.2 Å². The minimum absolute atomic E-state index is 0.137. The van der Waals surface area contributed by atoms with Crippen LogP contribution >= 0.6 is 23.2 Å². The first kappa shape index (κ1) is 17.5. The number of halogens is 3. The van der Waals surface area contributed by atoms with Gasteiger partial charge < -0.3 is 15.5 Å². The molecule has 8 heteroatoms. The predicted molar refractivity (Wildman–Crippen MR) is 95.8 cm³/mol. The van der Waals surface area contributed by atoms with Crippen LogP contribution in [0.25, 0.3) is 0 Å². The first-order valence-electron chi connectivity index (χ1n) is 7.51. The lowest BCUT2D eigenvalue weighted by Gasteiger charge is -2.17. The van der Waals surface area contributed by atoms with Crippen LogP contribution in [0.5, 0.6) is 0 Å². The minimum Gasteiger partial charge on any atom is -0.333 e. The fourth-order valence-electron chi connectivity index (χ4n) is 2.63. The molecule has 1 heterocycles. The molecular weight excluding hydrogens is 368 g/mol. The summed E-state index contributed by atoms with van der Waals surface area (Å²) in [5.74, 6) is -0.600. The van der Waals surface area contributed by atoms with Crippen molar-refractivity contribution in [3.05, 3.63) is 58.3 Å². The van der Waals surface area contributed by atoms with Gasteiger partial charge in [-0.25, -0.2) is 9.18 Å². The molecule has 0 aliphatic carbocycles. The predicted octanol–water partition coefficient (Wildman–Crippen LogP) is 4.06. The van der Waals surface area contributed by atoms with Gasteiger partial charge in [-0.05, 0) is 36.4 Å². The van der Waals surface area contributed by atoms with Crippen LogP contribution in [0.1, 0.15) is 6.42 Å². The molecule has 1 fully saturated rings. The molecule has 2 N–H and O–H groups in total. The van der Waals surface area contributed by atoms with E-state index in [1.807, 2.05) is 0 Å². The highest BCUT2D eigenvalue weighted by molar-refractivity contribution is 6.36. The number of nitrogens with zero attached hydrogens (tertiary/aromatic N) is 1. The first-order valence-corrected chi connectivity index (χ1v) is 8.26. The molecule has 5 nitrogen and oxygen atoms in total. The van der Waals surface area contributed by atoms with Crippen molar-refractivity contribution in [1.82, 2.24) is 5.32 Å². The Labute approximate surface area is 153 Å². The molecule has 0 radical (unpaired) electrons. The number of carbonyl (C=O) groups excluding carboxylic acids is 2. The number of anilines is 2. The third-order valence-corrected chi connectivity index (χ3v) is 4.31. The molecule has 1 atom stereocenters. The summed E-state index contributed by atoms with van der Waals surface area (Å²) in [6, 6.07) is 9.62. The maximum absolute atomic E-state index is 13.3. The van der Waals surface area contributed by atoms with E-state index in [0.29, 0.717) is 21.4 Å². The minimum atomic E-state index is -0.483. The quantitative estimate of drug-likeness (QED) is 0.841. The van der Waals surface area contributed by atoms with Gasteiger partial charge in [-0.15, -0.1) is 0 Å². The van der Waals surface area contributed by atoms with Gasteiger partial charge in [0, 0.05) is 23.7 Å². The molecule has 2 aromatic carbocycles. The van der Waals surface area contributed by atoms with Crippen LogP contribution in [0.15, 0.2) is 42.5 Å². The Morgan fingerprint density at radius 2 is 2.00 bits per heavy atom. The van der Waals surface area contributed by atoms with Crippen molar-refractivity contribution in [2.24, 2.45) is 0 Å². The van der Waals surface area contributed by atoms with Gasteiger partial charge in [0.2, 0.25) is 5.91 Å². The highest BCUT2D eigenvalue weighted by atomic mass is 35.5. The topological polar surface area (TPSA) is 61.4 Å². The number of nitrogens with one attached hydrogen (secondary N) is 2. The Kier molecular flexibility index (Phi) is 5.11. The molecule has 1 saturated heterocycles.